The van der Waals surface area contributed by atoms with Gasteiger partial charge < -0.3 is 14.0 Å². The van der Waals surface area contributed by atoms with Crippen molar-refractivity contribution >= 4 is 23.4 Å². The van der Waals surface area contributed by atoms with Crippen LogP contribution in [0.25, 0.3) is 0 Å². The van der Waals surface area contributed by atoms with Crippen LogP contribution in [-0.2, 0) is 13.7 Å². The van der Waals surface area contributed by atoms with Crippen LogP contribution in [0.5, 0.6) is 11.5 Å². The summed E-state index contributed by atoms with van der Waals surface area (Å²) in [4.78, 5) is 0. The summed E-state index contributed by atoms with van der Waals surface area (Å²) in [6.45, 7) is 7.49. The summed E-state index contributed by atoms with van der Waals surface area (Å²) in [5.41, 5.74) is 2.63. The smallest absolute Gasteiger partial charge is 0.191 e. The molecule has 154 valence electrons. The van der Waals surface area contributed by atoms with E-state index >= 15 is 0 Å². The zero-order valence-electron chi connectivity index (χ0n) is 17.2. The van der Waals surface area contributed by atoms with Crippen molar-refractivity contribution in [1.82, 2.24) is 14.8 Å². The number of benzene rings is 2. The van der Waals surface area contributed by atoms with E-state index in [1.807, 2.05) is 29.8 Å². The van der Waals surface area contributed by atoms with Gasteiger partial charge in [0.25, 0.3) is 0 Å². The van der Waals surface area contributed by atoms with Gasteiger partial charge in [0.15, 0.2) is 11.0 Å². The second kappa shape index (κ2) is 10.0. The van der Waals surface area contributed by atoms with Crippen LogP contribution < -0.4 is 9.47 Å². The average Bonchev–Trinajstić information content (AvgIpc) is 3.04. The van der Waals surface area contributed by atoms with E-state index in [0.29, 0.717) is 24.2 Å². The van der Waals surface area contributed by atoms with Gasteiger partial charge in [-0.05, 0) is 60.4 Å². The SMILES string of the molecule is Cc1cc(OCCSc2nnc(COc3ccc(Cl)cc3)n2C)ccc1C(C)C. The first-order chi connectivity index (χ1) is 13.9. The molecule has 7 heteroatoms. The predicted octanol–water partition coefficient (Wildman–Crippen LogP) is 5.65. The van der Waals surface area contributed by atoms with Crippen molar-refractivity contribution in [3.05, 3.63) is 64.4 Å². The van der Waals surface area contributed by atoms with Crippen LogP contribution >= 0.6 is 23.4 Å². The zero-order valence-corrected chi connectivity index (χ0v) is 18.8. The first kappa shape index (κ1) is 21.5. The molecule has 2 aromatic carbocycles. The van der Waals surface area contributed by atoms with Gasteiger partial charge in [-0.1, -0.05) is 43.3 Å². The van der Waals surface area contributed by atoms with E-state index in [-0.39, 0.29) is 0 Å². The van der Waals surface area contributed by atoms with Gasteiger partial charge in [-0.25, -0.2) is 0 Å². The molecule has 0 aliphatic rings. The lowest BCUT2D eigenvalue weighted by atomic mass is 9.98. The topological polar surface area (TPSA) is 49.2 Å². The molecule has 3 aromatic rings. The van der Waals surface area contributed by atoms with Crippen LogP contribution in [0.15, 0.2) is 47.6 Å². The molecule has 1 aromatic heterocycles. The van der Waals surface area contributed by atoms with Gasteiger partial charge in [-0.15, -0.1) is 10.2 Å². The molecule has 0 N–H and O–H groups in total. The summed E-state index contributed by atoms with van der Waals surface area (Å²) in [7, 11) is 1.94. The maximum absolute atomic E-state index is 5.89. The van der Waals surface area contributed by atoms with Gasteiger partial charge in [0.05, 0.1) is 6.61 Å². The molecule has 5 nitrogen and oxygen atoms in total. The minimum absolute atomic E-state index is 0.351. The van der Waals surface area contributed by atoms with Crippen molar-refractivity contribution in [2.24, 2.45) is 7.05 Å². The molecule has 3 rings (SSSR count). The van der Waals surface area contributed by atoms with E-state index in [2.05, 4.69) is 43.1 Å². The Morgan fingerprint density at radius 2 is 1.76 bits per heavy atom. The fraction of sp³-hybridized carbons (Fsp3) is 0.364. The Morgan fingerprint density at radius 1 is 1.03 bits per heavy atom. The molecule has 0 saturated carbocycles. The van der Waals surface area contributed by atoms with Gasteiger partial charge in [0.2, 0.25) is 0 Å². The number of hydrogen-bond donors (Lipinski definition) is 0. The summed E-state index contributed by atoms with van der Waals surface area (Å²) in [6.07, 6.45) is 0. The van der Waals surface area contributed by atoms with Gasteiger partial charge in [-0.3, -0.25) is 0 Å². The molecule has 0 bridgehead atoms. The third kappa shape index (κ3) is 5.90. The highest BCUT2D eigenvalue weighted by Crippen LogP contribution is 2.24. The molecule has 0 aliphatic heterocycles. The molecule has 0 amide bonds. The fourth-order valence-corrected chi connectivity index (χ4v) is 3.83. The van der Waals surface area contributed by atoms with Crippen molar-refractivity contribution in [1.29, 1.82) is 0 Å². The van der Waals surface area contributed by atoms with E-state index in [1.165, 1.54) is 11.1 Å². The summed E-state index contributed by atoms with van der Waals surface area (Å²) < 4.78 is 13.6. The molecule has 0 saturated heterocycles. The summed E-state index contributed by atoms with van der Waals surface area (Å²) in [5.74, 6) is 3.73. The number of aryl methyl sites for hydroxylation is 1. The molecule has 0 unspecified atom stereocenters. The molecular formula is C22H26ClN3O2S. The standard InChI is InChI=1S/C22H26ClN3O2S/c1-15(2)20-10-9-19(13-16(20)3)27-11-12-29-22-25-24-21(26(22)4)14-28-18-7-5-17(23)6-8-18/h5-10,13,15H,11-12,14H2,1-4H3. The molecule has 0 radical (unpaired) electrons. The fourth-order valence-electron chi connectivity index (χ4n) is 2.95. The van der Waals surface area contributed by atoms with Crippen LogP contribution in [0.3, 0.4) is 0 Å². The monoisotopic (exact) mass is 431 g/mol. The second-order valence-electron chi connectivity index (χ2n) is 7.07. The first-order valence-electron chi connectivity index (χ1n) is 9.57. The van der Waals surface area contributed by atoms with E-state index in [1.54, 1.807) is 23.9 Å². The number of nitrogens with zero attached hydrogens (tertiary/aromatic N) is 3. The Balaban J connectivity index is 1.46. The third-order valence-electron chi connectivity index (χ3n) is 4.55. The molecule has 29 heavy (non-hydrogen) atoms. The van der Waals surface area contributed by atoms with E-state index in [0.717, 1.165) is 28.2 Å². The van der Waals surface area contributed by atoms with Crippen LogP contribution in [-0.4, -0.2) is 27.1 Å². The lowest BCUT2D eigenvalue weighted by Crippen LogP contribution is -2.05. The van der Waals surface area contributed by atoms with Gasteiger partial charge in [-0.2, -0.15) is 0 Å². The molecule has 0 spiro atoms. The maximum atomic E-state index is 5.89. The highest BCUT2D eigenvalue weighted by molar-refractivity contribution is 7.99. The highest BCUT2D eigenvalue weighted by Gasteiger charge is 2.10. The minimum atomic E-state index is 0.351. The predicted molar refractivity (Wildman–Crippen MR) is 118 cm³/mol. The van der Waals surface area contributed by atoms with Crippen LogP contribution in [0, 0.1) is 6.92 Å². The van der Waals surface area contributed by atoms with E-state index < -0.39 is 0 Å². The summed E-state index contributed by atoms with van der Waals surface area (Å²) in [6, 6.07) is 13.6. The number of ether oxygens (including phenoxy) is 2. The van der Waals surface area contributed by atoms with Crippen molar-refractivity contribution in [3.8, 4) is 11.5 Å². The molecule has 0 aliphatic carbocycles. The van der Waals surface area contributed by atoms with Gasteiger partial charge in [0, 0.05) is 17.8 Å². The van der Waals surface area contributed by atoms with Crippen molar-refractivity contribution in [2.75, 3.05) is 12.4 Å². The zero-order chi connectivity index (χ0) is 20.8. The quantitative estimate of drug-likeness (QED) is 0.323. The molecule has 0 atom stereocenters. The van der Waals surface area contributed by atoms with Gasteiger partial charge >= 0.3 is 0 Å². The second-order valence-corrected chi connectivity index (χ2v) is 8.57. The Labute approximate surface area is 181 Å². The van der Waals surface area contributed by atoms with Crippen molar-refractivity contribution in [2.45, 2.75) is 38.5 Å². The average molecular weight is 432 g/mol. The number of halogens is 1. The third-order valence-corrected chi connectivity index (χ3v) is 5.79. The number of hydrogen-bond acceptors (Lipinski definition) is 5. The van der Waals surface area contributed by atoms with E-state index in [9.17, 15) is 0 Å². The Hall–Kier alpha value is -2.18. The Kier molecular flexibility index (Phi) is 7.45. The minimum Gasteiger partial charge on any atom is -0.493 e. The largest absolute Gasteiger partial charge is 0.493 e. The Bertz CT molecular complexity index is 942. The van der Waals surface area contributed by atoms with E-state index in [4.69, 9.17) is 21.1 Å². The summed E-state index contributed by atoms with van der Waals surface area (Å²) >= 11 is 7.50. The van der Waals surface area contributed by atoms with Crippen LogP contribution in [0.1, 0.15) is 36.7 Å². The van der Waals surface area contributed by atoms with Crippen LogP contribution in [0.4, 0.5) is 0 Å². The number of thioether (sulfide) groups is 1. The number of aromatic nitrogens is 3. The summed E-state index contributed by atoms with van der Waals surface area (Å²) in [5, 5.41) is 10.00. The molecule has 1 heterocycles. The molecule has 0 fully saturated rings. The first-order valence-corrected chi connectivity index (χ1v) is 10.9. The van der Waals surface area contributed by atoms with Crippen LogP contribution in [0.2, 0.25) is 5.02 Å². The lowest BCUT2D eigenvalue weighted by molar-refractivity contribution is 0.290. The lowest BCUT2D eigenvalue weighted by Gasteiger charge is -2.12. The molecular weight excluding hydrogens is 406 g/mol. The highest BCUT2D eigenvalue weighted by atomic mass is 35.5. The Morgan fingerprint density at radius 3 is 2.45 bits per heavy atom. The van der Waals surface area contributed by atoms with Gasteiger partial charge in [0.1, 0.15) is 18.1 Å². The number of rotatable bonds is 9. The normalized spacial score (nSPS) is 11.1. The van der Waals surface area contributed by atoms with Crippen molar-refractivity contribution in [3.63, 3.8) is 0 Å². The van der Waals surface area contributed by atoms with Crippen molar-refractivity contribution < 1.29 is 9.47 Å². The maximum Gasteiger partial charge on any atom is 0.191 e.